The zero-order valence-electron chi connectivity index (χ0n) is 21.5. The molecule has 7 aromatic carbocycles. The van der Waals surface area contributed by atoms with Crippen LogP contribution < -0.4 is 0 Å². The number of hydrogen-bond acceptors (Lipinski definition) is 0. The van der Waals surface area contributed by atoms with Gasteiger partial charge in [0.05, 0.1) is 11.1 Å². The fourth-order valence-electron chi connectivity index (χ4n) is 5.57. The maximum atomic E-state index is 12.9. The highest BCUT2D eigenvalue weighted by Gasteiger charge is 2.30. The van der Waals surface area contributed by atoms with Gasteiger partial charge in [0.2, 0.25) is 0 Å². The van der Waals surface area contributed by atoms with Crippen molar-refractivity contribution < 1.29 is 26.3 Å². The number of hydrogen-bond donors (Lipinski definition) is 0. The molecule has 0 saturated carbocycles. The SMILES string of the molecule is FC(F)(F)c1ccc(C#Cc2cc3c4cccc5c(C#Cc6ccc(C(F)(F)F)cc6)cc(c6cccc2c63)c54)cc1. The third-order valence-corrected chi connectivity index (χ3v) is 7.51. The van der Waals surface area contributed by atoms with E-state index in [9.17, 15) is 26.3 Å². The molecule has 6 heteroatoms. The van der Waals surface area contributed by atoms with E-state index in [1.807, 2.05) is 48.5 Å². The predicted octanol–water partition coefficient (Wildman–Crippen LogP) is 10.0. The van der Waals surface area contributed by atoms with Crippen LogP contribution in [-0.4, -0.2) is 0 Å². The molecule has 0 fully saturated rings. The highest BCUT2D eigenvalue weighted by atomic mass is 19.4. The second-order valence-corrected chi connectivity index (χ2v) is 10.0. The minimum Gasteiger partial charge on any atom is -0.166 e. The van der Waals surface area contributed by atoms with Gasteiger partial charge >= 0.3 is 12.4 Å². The van der Waals surface area contributed by atoms with Gasteiger partial charge in [0.25, 0.3) is 0 Å². The summed E-state index contributed by atoms with van der Waals surface area (Å²) in [6.45, 7) is 0. The van der Waals surface area contributed by atoms with Crippen LogP contribution in [0.5, 0.6) is 0 Å². The highest BCUT2D eigenvalue weighted by molar-refractivity contribution is 6.35. The lowest BCUT2D eigenvalue weighted by Gasteiger charge is -2.06. The van der Waals surface area contributed by atoms with Gasteiger partial charge in [-0.05, 0) is 104 Å². The summed E-state index contributed by atoms with van der Waals surface area (Å²) in [7, 11) is 0. The van der Waals surface area contributed by atoms with Crippen LogP contribution in [0.2, 0.25) is 0 Å². The lowest BCUT2D eigenvalue weighted by Crippen LogP contribution is -2.04. The van der Waals surface area contributed by atoms with Gasteiger partial charge in [-0.3, -0.25) is 0 Å². The summed E-state index contributed by atoms with van der Waals surface area (Å²) in [6, 6.07) is 25.6. The molecule has 7 aromatic rings. The van der Waals surface area contributed by atoms with E-state index in [1.54, 1.807) is 0 Å². The van der Waals surface area contributed by atoms with E-state index < -0.39 is 23.5 Å². The Hall–Kier alpha value is -5.20. The maximum absolute atomic E-state index is 12.9. The molecule has 0 radical (unpaired) electrons. The van der Waals surface area contributed by atoms with Crippen molar-refractivity contribution in [1.82, 2.24) is 0 Å². The monoisotopic (exact) mass is 562 g/mol. The molecule has 7 rings (SSSR count). The third-order valence-electron chi connectivity index (χ3n) is 7.51. The molecule has 0 bridgehead atoms. The second kappa shape index (κ2) is 9.16. The summed E-state index contributed by atoms with van der Waals surface area (Å²) < 4.78 is 77.6. The standard InChI is InChI=1S/C36H16F6/c37-35(38,39)25-15-9-21(10-16-25)7-13-23-19-32-30-6-2-4-28-24(14-8-22-11-17-26(18-12-22)36(40,41)42)20-31(34(28)30)29-5-1-3-27(23)33(29)32/h1-6,9-12,15-20H. The normalized spacial score (nSPS) is 12.1. The molecule has 202 valence electrons. The zero-order chi connectivity index (χ0) is 29.2. The van der Waals surface area contributed by atoms with Gasteiger partial charge in [-0.2, -0.15) is 26.3 Å². The predicted molar refractivity (Wildman–Crippen MR) is 154 cm³/mol. The van der Waals surface area contributed by atoms with Crippen LogP contribution in [0.3, 0.4) is 0 Å². The Morgan fingerprint density at radius 1 is 0.381 bits per heavy atom. The summed E-state index contributed by atoms with van der Waals surface area (Å²) in [6.07, 6.45) is -8.80. The average Bonchev–Trinajstić information content (AvgIpc) is 3.53. The molecule has 0 unspecified atom stereocenters. The minimum absolute atomic E-state index is 0.486. The van der Waals surface area contributed by atoms with Crippen LogP contribution in [-0.2, 0) is 12.4 Å². The Morgan fingerprint density at radius 2 is 0.738 bits per heavy atom. The first-order valence-corrected chi connectivity index (χ1v) is 12.9. The third kappa shape index (κ3) is 4.24. The van der Waals surface area contributed by atoms with E-state index in [-0.39, 0.29) is 0 Å². The molecule has 0 atom stereocenters. The van der Waals surface area contributed by atoms with Crippen molar-refractivity contribution in [3.05, 3.63) is 130 Å². The molecule has 0 aliphatic rings. The van der Waals surface area contributed by atoms with Crippen molar-refractivity contribution >= 4 is 43.1 Å². The topological polar surface area (TPSA) is 0 Å². The van der Waals surface area contributed by atoms with Gasteiger partial charge < -0.3 is 0 Å². The first-order valence-electron chi connectivity index (χ1n) is 12.9. The molecule has 42 heavy (non-hydrogen) atoms. The van der Waals surface area contributed by atoms with E-state index in [4.69, 9.17) is 0 Å². The van der Waals surface area contributed by atoms with Crippen LogP contribution in [0.4, 0.5) is 26.3 Å². The minimum atomic E-state index is -4.40. The van der Waals surface area contributed by atoms with Crippen molar-refractivity contribution in [2.24, 2.45) is 0 Å². The quantitative estimate of drug-likeness (QED) is 0.0980. The smallest absolute Gasteiger partial charge is 0.166 e. The van der Waals surface area contributed by atoms with Gasteiger partial charge in [0.15, 0.2) is 0 Å². The van der Waals surface area contributed by atoms with Crippen molar-refractivity contribution in [1.29, 1.82) is 0 Å². The molecule has 0 amide bonds. The largest absolute Gasteiger partial charge is 0.416 e. The molecule has 0 saturated heterocycles. The molecular formula is C36H16F6. The first kappa shape index (κ1) is 25.7. The Kier molecular flexibility index (Phi) is 5.61. The fourth-order valence-corrected chi connectivity index (χ4v) is 5.57. The van der Waals surface area contributed by atoms with E-state index in [1.165, 1.54) is 24.3 Å². The van der Waals surface area contributed by atoms with E-state index in [0.29, 0.717) is 11.1 Å². The van der Waals surface area contributed by atoms with Gasteiger partial charge in [0.1, 0.15) is 0 Å². The van der Waals surface area contributed by atoms with Crippen LogP contribution in [0.15, 0.2) is 97.1 Å². The summed E-state index contributed by atoms with van der Waals surface area (Å²) >= 11 is 0. The maximum Gasteiger partial charge on any atom is 0.416 e. The van der Waals surface area contributed by atoms with Gasteiger partial charge in [-0.1, -0.05) is 60.1 Å². The molecule has 0 aromatic heterocycles. The number of fused-ring (bicyclic) bond motifs is 2. The summed E-state index contributed by atoms with van der Waals surface area (Å²) in [5.41, 5.74) is 1.11. The lowest BCUT2D eigenvalue weighted by molar-refractivity contribution is -0.138. The van der Waals surface area contributed by atoms with E-state index in [2.05, 4.69) is 23.7 Å². The van der Waals surface area contributed by atoms with Gasteiger partial charge in [0, 0.05) is 22.3 Å². The fraction of sp³-hybridized carbons (Fsp3) is 0.0556. The van der Waals surface area contributed by atoms with Crippen LogP contribution in [0.1, 0.15) is 33.4 Å². The van der Waals surface area contributed by atoms with Crippen molar-refractivity contribution in [2.75, 3.05) is 0 Å². The molecule has 0 spiro atoms. The Balaban J connectivity index is 1.34. The molecular weight excluding hydrogens is 546 g/mol. The lowest BCUT2D eigenvalue weighted by atomic mass is 9.97. The van der Waals surface area contributed by atoms with E-state index in [0.717, 1.165) is 78.5 Å². The molecule has 0 heterocycles. The first-order chi connectivity index (χ1) is 20.1. The van der Waals surface area contributed by atoms with Crippen molar-refractivity contribution in [3.63, 3.8) is 0 Å². The van der Waals surface area contributed by atoms with Gasteiger partial charge in [-0.25, -0.2) is 0 Å². The van der Waals surface area contributed by atoms with Crippen LogP contribution in [0.25, 0.3) is 43.1 Å². The molecule has 0 aliphatic carbocycles. The number of rotatable bonds is 0. The average molecular weight is 563 g/mol. The second-order valence-electron chi connectivity index (χ2n) is 10.0. The zero-order valence-corrected chi connectivity index (χ0v) is 21.5. The molecule has 0 aliphatic heterocycles. The number of benzene rings is 5. The van der Waals surface area contributed by atoms with Gasteiger partial charge in [-0.15, -0.1) is 0 Å². The summed E-state index contributed by atoms with van der Waals surface area (Å²) in [5, 5.41) is 8.06. The summed E-state index contributed by atoms with van der Waals surface area (Å²) in [5.74, 6) is 12.3. The van der Waals surface area contributed by atoms with Crippen LogP contribution >= 0.6 is 0 Å². The number of alkyl halides is 6. The Morgan fingerprint density at radius 3 is 1.10 bits per heavy atom. The Bertz CT molecular complexity index is 2080. The molecule has 0 nitrogen and oxygen atoms in total. The highest BCUT2D eigenvalue weighted by Crippen LogP contribution is 2.44. The van der Waals surface area contributed by atoms with Crippen molar-refractivity contribution in [2.45, 2.75) is 12.4 Å². The Labute approximate surface area is 235 Å². The van der Waals surface area contributed by atoms with Crippen LogP contribution in [0, 0.1) is 23.7 Å². The molecule has 0 N–H and O–H groups in total. The number of halogens is 6. The summed E-state index contributed by atoms with van der Waals surface area (Å²) in [4.78, 5) is 0. The van der Waals surface area contributed by atoms with E-state index >= 15 is 0 Å². The van der Waals surface area contributed by atoms with Crippen molar-refractivity contribution in [3.8, 4) is 23.7 Å².